The highest BCUT2D eigenvalue weighted by molar-refractivity contribution is 7.92. The average Bonchev–Trinajstić information content (AvgIpc) is 2.88. The zero-order valence-corrected chi connectivity index (χ0v) is 22.9. The van der Waals surface area contributed by atoms with E-state index < -0.39 is 15.9 Å². The lowest BCUT2D eigenvalue weighted by Crippen LogP contribution is -2.33. The van der Waals surface area contributed by atoms with E-state index in [-0.39, 0.29) is 29.2 Å². The minimum absolute atomic E-state index is 0.000679. The lowest BCUT2D eigenvalue weighted by atomic mass is 10.1. The van der Waals surface area contributed by atoms with Crippen LogP contribution in [0.5, 0.6) is 0 Å². The molecule has 37 heavy (non-hydrogen) atoms. The number of halogens is 3. The Morgan fingerprint density at radius 1 is 0.838 bits per heavy atom. The van der Waals surface area contributed by atoms with Crippen molar-refractivity contribution in [3.63, 3.8) is 0 Å². The Labute approximate surface area is 231 Å². The van der Waals surface area contributed by atoms with Crippen molar-refractivity contribution >= 4 is 56.4 Å². The molecule has 0 bridgehead atoms. The third kappa shape index (κ3) is 6.46. The number of para-hydroxylation sites is 1. The molecule has 5 nitrogen and oxygen atoms in total. The van der Waals surface area contributed by atoms with Crippen LogP contribution in [0.25, 0.3) is 0 Å². The minimum atomic E-state index is -4.03. The number of carbonyl (C=O) groups is 1. The van der Waals surface area contributed by atoms with Crippen molar-refractivity contribution in [2.24, 2.45) is 0 Å². The molecule has 9 heteroatoms. The van der Waals surface area contributed by atoms with E-state index in [9.17, 15) is 13.2 Å². The summed E-state index contributed by atoms with van der Waals surface area (Å²) in [6.07, 6.45) is 0. The SMILES string of the molecule is Cc1ccc(S(=O)(=O)N(Cc2ccc(Cl)cc2)c2ccccc2C(=O)NCc2ccc(Cl)cc2Cl)cc1. The summed E-state index contributed by atoms with van der Waals surface area (Å²) in [5, 5.41) is 4.29. The number of anilines is 1. The molecule has 0 atom stereocenters. The van der Waals surface area contributed by atoms with E-state index in [1.807, 2.05) is 6.92 Å². The fourth-order valence-electron chi connectivity index (χ4n) is 3.71. The first-order valence-corrected chi connectivity index (χ1v) is 13.9. The zero-order valence-electron chi connectivity index (χ0n) is 19.8. The predicted octanol–water partition coefficient (Wildman–Crippen LogP) is 7.28. The van der Waals surface area contributed by atoms with Crippen LogP contribution in [-0.4, -0.2) is 14.3 Å². The van der Waals surface area contributed by atoms with Gasteiger partial charge in [0.15, 0.2) is 0 Å². The molecule has 0 unspecified atom stereocenters. The average molecular weight is 574 g/mol. The van der Waals surface area contributed by atoms with Crippen LogP contribution in [-0.2, 0) is 23.1 Å². The van der Waals surface area contributed by atoms with E-state index in [0.29, 0.717) is 26.2 Å². The predicted molar refractivity (Wildman–Crippen MR) is 150 cm³/mol. The highest BCUT2D eigenvalue weighted by Crippen LogP contribution is 2.30. The van der Waals surface area contributed by atoms with E-state index >= 15 is 0 Å². The lowest BCUT2D eigenvalue weighted by Gasteiger charge is -2.27. The van der Waals surface area contributed by atoms with Crippen LogP contribution in [0.2, 0.25) is 15.1 Å². The van der Waals surface area contributed by atoms with E-state index in [0.717, 1.165) is 5.56 Å². The monoisotopic (exact) mass is 572 g/mol. The molecule has 190 valence electrons. The molecule has 0 aliphatic rings. The van der Waals surface area contributed by atoms with Gasteiger partial charge in [-0.15, -0.1) is 0 Å². The van der Waals surface area contributed by atoms with Gasteiger partial charge < -0.3 is 5.32 Å². The number of nitrogens with zero attached hydrogens (tertiary/aromatic N) is 1. The fraction of sp³-hybridized carbons (Fsp3) is 0.107. The first-order valence-electron chi connectivity index (χ1n) is 11.3. The second kappa shape index (κ2) is 11.6. The van der Waals surface area contributed by atoms with Crippen molar-refractivity contribution in [2.45, 2.75) is 24.9 Å². The highest BCUT2D eigenvalue weighted by atomic mass is 35.5. The Morgan fingerprint density at radius 3 is 2.16 bits per heavy atom. The summed E-state index contributed by atoms with van der Waals surface area (Å²) in [4.78, 5) is 13.4. The molecule has 4 aromatic rings. The number of sulfonamides is 1. The van der Waals surface area contributed by atoms with Gasteiger partial charge in [-0.3, -0.25) is 9.10 Å². The molecule has 0 heterocycles. The number of hydrogen-bond donors (Lipinski definition) is 1. The standard InChI is InChI=1S/C28H23Cl3N2O3S/c1-19-6-14-24(15-7-19)37(35,36)33(18-20-8-11-22(29)12-9-20)27-5-3-2-4-25(27)28(34)32-17-21-10-13-23(30)16-26(21)31/h2-16H,17-18H2,1H3,(H,32,34). The summed E-state index contributed by atoms with van der Waals surface area (Å²) in [5.41, 5.74) is 2.78. The molecule has 0 saturated carbocycles. The Morgan fingerprint density at radius 2 is 1.49 bits per heavy atom. The van der Waals surface area contributed by atoms with Gasteiger partial charge in [-0.05, 0) is 66.6 Å². The Hall–Kier alpha value is -3.03. The third-order valence-electron chi connectivity index (χ3n) is 5.72. The number of benzene rings is 4. The maximum absolute atomic E-state index is 13.9. The number of rotatable bonds is 8. The second-order valence-corrected chi connectivity index (χ2v) is 11.5. The second-order valence-electron chi connectivity index (χ2n) is 8.39. The van der Waals surface area contributed by atoms with Gasteiger partial charge in [-0.25, -0.2) is 8.42 Å². The summed E-state index contributed by atoms with van der Waals surface area (Å²) >= 11 is 18.3. The third-order valence-corrected chi connectivity index (χ3v) is 8.33. The van der Waals surface area contributed by atoms with Gasteiger partial charge in [0.25, 0.3) is 15.9 Å². The Kier molecular flexibility index (Phi) is 8.45. The summed E-state index contributed by atoms with van der Waals surface area (Å²) < 4.78 is 29.0. The van der Waals surface area contributed by atoms with E-state index in [4.69, 9.17) is 34.8 Å². The number of aryl methyl sites for hydroxylation is 1. The molecular formula is C28H23Cl3N2O3S. The molecule has 1 N–H and O–H groups in total. The van der Waals surface area contributed by atoms with Crippen molar-refractivity contribution in [2.75, 3.05) is 4.31 Å². The smallest absolute Gasteiger partial charge is 0.264 e. The summed E-state index contributed by atoms with van der Waals surface area (Å²) in [6, 6.07) is 25.1. The fourth-order valence-corrected chi connectivity index (χ4v) is 5.78. The molecule has 4 aromatic carbocycles. The number of hydrogen-bond acceptors (Lipinski definition) is 3. The molecule has 0 fully saturated rings. The highest BCUT2D eigenvalue weighted by Gasteiger charge is 2.28. The normalized spacial score (nSPS) is 11.2. The number of amides is 1. The molecule has 4 rings (SSSR count). The minimum Gasteiger partial charge on any atom is -0.348 e. The molecule has 0 aromatic heterocycles. The largest absolute Gasteiger partial charge is 0.348 e. The maximum atomic E-state index is 13.9. The molecule has 1 amide bonds. The number of nitrogens with one attached hydrogen (secondary N) is 1. The van der Waals surface area contributed by atoms with E-state index in [1.54, 1.807) is 91.0 Å². The van der Waals surface area contributed by atoms with Crippen molar-refractivity contribution < 1.29 is 13.2 Å². The lowest BCUT2D eigenvalue weighted by molar-refractivity contribution is 0.0951. The summed E-state index contributed by atoms with van der Waals surface area (Å²) in [6.45, 7) is 2.03. The van der Waals surface area contributed by atoms with Crippen LogP contribution in [0.15, 0.2) is 95.9 Å². The number of carbonyl (C=O) groups excluding carboxylic acids is 1. The summed E-state index contributed by atoms with van der Waals surface area (Å²) in [5.74, 6) is -0.443. The Bertz CT molecular complexity index is 1520. The first kappa shape index (κ1) is 27.0. The van der Waals surface area contributed by atoms with Gasteiger partial charge in [0.2, 0.25) is 0 Å². The quantitative estimate of drug-likeness (QED) is 0.241. The molecular weight excluding hydrogens is 551 g/mol. The van der Waals surface area contributed by atoms with Crippen LogP contribution < -0.4 is 9.62 Å². The van der Waals surface area contributed by atoms with Crippen molar-refractivity contribution in [3.05, 3.63) is 128 Å². The maximum Gasteiger partial charge on any atom is 0.264 e. The molecule has 0 spiro atoms. The summed E-state index contributed by atoms with van der Waals surface area (Å²) in [7, 11) is -4.03. The van der Waals surface area contributed by atoms with E-state index in [1.165, 1.54) is 4.31 Å². The van der Waals surface area contributed by atoms with Crippen molar-refractivity contribution in [3.8, 4) is 0 Å². The van der Waals surface area contributed by atoms with Crippen LogP contribution in [0.1, 0.15) is 27.0 Å². The van der Waals surface area contributed by atoms with Gasteiger partial charge in [0.05, 0.1) is 22.7 Å². The van der Waals surface area contributed by atoms with Crippen LogP contribution >= 0.6 is 34.8 Å². The molecule has 0 aliphatic heterocycles. The van der Waals surface area contributed by atoms with Crippen molar-refractivity contribution in [1.82, 2.24) is 5.32 Å². The van der Waals surface area contributed by atoms with Gasteiger partial charge >= 0.3 is 0 Å². The van der Waals surface area contributed by atoms with Crippen LogP contribution in [0.3, 0.4) is 0 Å². The van der Waals surface area contributed by atoms with Crippen molar-refractivity contribution in [1.29, 1.82) is 0 Å². The van der Waals surface area contributed by atoms with E-state index in [2.05, 4.69) is 5.32 Å². The van der Waals surface area contributed by atoms with Gasteiger partial charge in [-0.2, -0.15) is 0 Å². The zero-order chi connectivity index (χ0) is 26.6. The first-order chi connectivity index (χ1) is 17.6. The molecule has 0 saturated heterocycles. The van der Waals surface area contributed by atoms with Crippen LogP contribution in [0, 0.1) is 6.92 Å². The van der Waals surface area contributed by atoms with Crippen LogP contribution in [0.4, 0.5) is 5.69 Å². The Balaban J connectivity index is 1.72. The van der Waals surface area contributed by atoms with Gasteiger partial charge in [0, 0.05) is 21.6 Å². The van der Waals surface area contributed by atoms with Gasteiger partial charge in [-0.1, -0.05) is 82.8 Å². The topological polar surface area (TPSA) is 66.5 Å². The molecule has 0 radical (unpaired) electrons. The molecule has 0 aliphatic carbocycles. The van der Waals surface area contributed by atoms with Gasteiger partial charge in [0.1, 0.15) is 0 Å².